The van der Waals surface area contributed by atoms with E-state index in [1.807, 2.05) is 49.1 Å². The SMILES string of the molecule is CC(C)n1nnnc1-c1cccc(NC(=O)c2cc(-n3cnc(C4CC4)c3)c(N3CCCCC3)cn2)n1. The van der Waals surface area contributed by atoms with E-state index in [0.29, 0.717) is 28.9 Å². The first-order valence-electron chi connectivity index (χ1n) is 12.9. The summed E-state index contributed by atoms with van der Waals surface area (Å²) >= 11 is 0. The van der Waals surface area contributed by atoms with Crippen molar-refractivity contribution in [2.45, 2.75) is 57.9 Å². The standard InChI is InChI=1S/C26H30N10O/c1-17(2)36-25(31-32-33-36)19-7-6-8-24(29-19)30-26(37)20-13-22(35-15-21(28-16-35)18-9-10-18)23(14-27-20)34-11-4-3-5-12-34/h6-8,13-18H,3-5,9-12H2,1-2H3,(H,29,30,37). The molecule has 6 rings (SSSR count). The fraction of sp³-hybridized carbons (Fsp3) is 0.423. The minimum absolute atomic E-state index is 0.0784. The predicted octanol–water partition coefficient (Wildman–Crippen LogP) is 4.02. The van der Waals surface area contributed by atoms with Gasteiger partial charge in [0.25, 0.3) is 5.91 Å². The summed E-state index contributed by atoms with van der Waals surface area (Å²) in [6.45, 7) is 5.96. The number of imidazole rings is 1. The molecule has 4 aromatic heterocycles. The Balaban J connectivity index is 1.29. The number of rotatable bonds is 7. The number of nitrogens with one attached hydrogen (secondary N) is 1. The van der Waals surface area contributed by atoms with Gasteiger partial charge in [0.1, 0.15) is 17.2 Å². The highest BCUT2D eigenvalue weighted by atomic mass is 16.1. The average molecular weight is 499 g/mol. The first-order valence-corrected chi connectivity index (χ1v) is 12.9. The minimum Gasteiger partial charge on any atom is -0.369 e. The Morgan fingerprint density at radius 1 is 1.08 bits per heavy atom. The van der Waals surface area contributed by atoms with Crippen LogP contribution in [-0.4, -0.2) is 58.7 Å². The van der Waals surface area contributed by atoms with Crippen LogP contribution in [0, 0.1) is 0 Å². The van der Waals surface area contributed by atoms with Crippen LogP contribution in [-0.2, 0) is 0 Å². The number of hydrogen-bond donors (Lipinski definition) is 1. The lowest BCUT2D eigenvalue weighted by Gasteiger charge is -2.30. The zero-order chi connectivity index (χ0) is 25.4. The highest BCUT2D eigenvalue weighted by Crippen LogP contribution is 2.39. The molecule has 0 bridgehead atoms. The van der Waals surface area contributed by atoms with Crippen LogP contribution in [0.1, 0.15) is 74.1 Å². The van der Waals surface area contributed by atoms with Gasteiger partial charge in [0.05, 0.1) is 35.6 Å². The zero-order valence-corrected chi connectivity index (χ0v) is 21.1. The summed E-state index contributed by atoms with van der Waals surface area (Å²) in [5, 5.41) is 14.8. The molecule has 1 saturated heterocycles. The molecule has 0 aromatic carbocycles. The Morgan fingerprint density at radius 3 is 2.70 bits per heavy atom. The van der Waals surface area contributed by atoms with Gasteiger partial charge >= 0.3 is 0 Å². The van der Waals surface area contributed by atoms with E-state index in [1.165, 1.54) is 19.3 Å². The lowest BCUT2D eigenvalue weighted by Crippen LogP contribution is -2.30. The number of pyridine rings is 2. The Morgan fingerprint density at radius 2 is 1.92 bits per heavy atom. The van der Waals surface area contributed by atoms with Crippen molar-refractivity contribution in [3.05, 3.63) is 54.4 Å². The normalized spacial score (nSPS) is 15.8. The largest absolute Gasteiger partial charge is 0.369 e. The molecule has 37 heavy (non-hydrogen) atoms. The van der Waals surface area contributed by atoms with Crippen molar-refractivity contribution in [2.24, 2.45) is 0 Å². The van der Waals surface area contributed by atoms with Crippen LogP contribution in [0.15, 0.2) is 43.0 Å². The van der Waals surface area contributed by atoms with E-state index in [0.717, 1.165) is 43.0 Å². The summed E-state index contributed by atoms with van der Waals surface area (Å²) < 4.78 is 3.72. The fourth-order valence-corrected chi connectivity index (χ4v) is 4.73. The van der Waals surface area contributed by atoms with Crippen molar-refractivity contribution in [1.29, 1.82) is 0 Å². The monoisotopic (exact) mass is 498 g/mol. The van der Waals surface area contributed by atoms with E-state index in [1.54, 1.807) is 10.7 Å². The second-order valence-electron chi connectivity index (χ2n) is 9.99. The molecule has 1 N–H and O–H groups in total. The molecule has 0 unspecified atom stereocenters. The Kier molecular flexibility index (Phi) is 6.11. The van der Waals surface area contributed by atoms with Gasteiger partial charge in [-0.25, -0.2) is 19.6 Å². The number of carbonyl (C=O) groups is 1. The molecule has 2 aliphatic rings. The molecule has 1 aliphatic carbocycles. The maximum Gasteiger partial charge on any atom is 0.275 e. The molecule has 11 nitrogen and oxygen atoms in total. The quantitative estimate of drug-likeness (QED) is 0.406. The van der Waals surface area contributed by atoms with Crippen LogP contribution < -0.4 is 10.2 Å². The van der Waals surface area contributed by atoms with Gasteiger partial charge in [0.15, 0.2) is 0 Å². The van der Waals surface area contributed by atoms with Gasteiger partial charge in [-0.2, -0.15) is 0 Å². The number of aromatic nitrogens is 8. The van der Waals surface area contributed by atoms with Crippen LogP contribution in [0.4, 0.5) is 11.5 Å². The summed E-state index contributed by atoms with van der Waals surface area (Å²) in [6, 6.07) is 7.31. The van der Waals surface area contributed by atoms with Crippen molar-refractivity contribution in [3.63, 3.8) is 0 Å². The van der Waals surface area contributed by atoms with Crippen molar-refractivity contribution >= 4 is 17.4 Å². The Bertz CT molecular complexity index is 1410. The Labute approximate surface area is 215 Å². The third kappa shape index (κ3) is 4.81. The van der Waals surface area contributed by atoms with E-state index in [9.17, 15) is 4.79 Å². The van der Waals surface area contributed by atoms with Gasteiger partial charge < -0.3 is 14.8 Å². The third-order valence-corrected chi connectivity index (χ3v) is 6.87. The second kappa shape index (κ2) is 9.72. The van der Waals surface area contributed by atoms with E-state index < -0.39 is 0 Å². The summed E-state index contributed by atoms with van der Waals surface area (Å²) in [5.41, 5.74) is 3.95. The topological polar surface area (TPSA) is 120 Å². The lowest BCUT2D eigenvalue weighted by atomic mass is 10.1. The van der Waals surface area contributed by atoms with Crippen LogP contribution >= 0.6 is 0 Å². The molecule has 0 radical (unpaired) electrons. The number of amides is 1. The van der Waals surface area contributed by atoms with Crippen molar-refractivity contribution in [2.75, 3.05) is 23.3 Å². The summed E-state index contributed by atoms with van der Waals surface area (Å²) in [4.78, 5) is 29.4. The van der Waals surface area contributed by atoms with E-state index in [4.69, 9.17) is 0 Å². The predicted molar refractivity (Wildman–Crippen MR) is 139 cm³/mol. The van der Waals surface area contributed by atoms with Crippen molar-refractivity contribution in [3.8, 4) is 17.2 Å². The zero-order valence-electron chi connectivity index (χ0n) is 21.1. The highest BCUT2D eigenvalue weighted by molar-refractivity contribution is 6.03. The molecule has 5 heterocycles. The molecule has 1 saturated carbocycles. The smallest absolute Gasteiger partial charge is 0.275 e. The van der Waals surface area contributed by atoms with E-state index in [-0.39, 0.29) is 11.9 Å². The van der Waals surface area contributed by atoms with Crippen LogP contribution in [0.3, 0.4) is 0 Å². The minimum atomic E-state index is -0.331. The molecular weight excluding hydrogens is 468 g/mol. The molecule has 190 valence electrons. The van der Waals surface area contributed by atoms with Crippen LogP contribution in [0.25, 0.3) is 17.2 Å². The maximum absolute atomic E-state index is 13.3. The highest BCUT2D eigenvalue weighted by Gasteiger charge is 2.27. The molecule has 2 fully saturated rings. The lowest BCUT2D eigenvalue weighted by molar-refractivity contribution is 0.102. The Hall–Kier alpha value is -4.15. The summed E-state index contributed by atoms with van der Waals surface area (Å²) in [6.07, 6.45) is 11.7. The fourth-order valence-electron chi connectivity index (χ4n) is 4.73. The number of carbonyl (C=O) groups excluding carboxylic acids is 1. The van der Waals surface area contributed by atoms with E-state index >= 15 is 0 Å². The third-order valence-electron chi connectivity index (χ3n) is 6.87. The van der Waals surface area contributed by atoms with Crippen molar-refractivity contribution < 1.29 is 4.79 Å². The second-order valence-corrected chi connectivity index (χ2v) is 9.99. The average Bonchev–Trinajstić information content (AvgIpc) is 3.44. The molecular formula is C26H30N10O. The number of anilines is 2. The first kappa shape index (κ1) is 23.3. The summed E-state index contributed by atoms with van der Waals surface area (Å²) in [7, 11) is 0. The van der Waals surface area contributed by atoms with Gasteiger partial charge in [0, 0.05) is 25.2 Å². The molecule has 0 atom stereocenters. The van der Waals surface area contributed by atoms with Gasteiger partial charge in [-0.1, -0.05) is 6.07 Å². The molecule has 4 aromatic rings. The molecule has 1 aliphatic heterocycles. The van der Waals surface area contributed by atoms with Crippen LogP contribution in [0.5, 0.6) is 0 Å². The van der Waals surface area contributed by atoms with E-state index in [2.05, 4.69) is 46.9 Å². The number of piperidine rings is 1. The summed E-state index contributed by atoms with van der Waals surface area (Å²) in [5.74, 6) is 1.17. The number of tetrazole rings is 1. The number of hydrogen-bond acceptors (Lipinski definition) is 8. The maximum atomic E-state index is 13.3. The molecule has 0 spiro atoms. The van der Waals surface area contributed by atoms with Gasteiger partial charge in [0.2, 0.25) is 5.82 Å². The van der Waals surface area contributed by atoms with Gasteiger partial charge in [-0.05, 0) is 74.6 Å². The van der Waals surface area contributed by atoms with Crippen LogP contribution in [0.2, 0.25) is 0 Å². The molecule has 1 amide bonds. The van der Waals surface area contributed by atoms with Crippen molar-refractivity contribution in [1.82, 2.24) is 39.7 Å². The van der Waals surface area contributed by atoms with Gasteiger partial charge in [-0.3, -0.25) is 4.79 Å². The number of nitrogens with zero attached hydrogens (tertiary/aromatic N) is 9. The van der Waals surface area contributed by atoms with Gasteiger partial charge in [-0.15, -0.1) is 5.10 Å². The molecule has 11 heteroatoms. The first-order chi connectivity index (χ1) is 18.1.